The SMILES string of the molecule is CCNC(=O)N[C@H](C(N)=O)C(=O)Nc1ccc(N2CCOCC2=O)cc1C(F)F. The first-order valence-corrected chi connectivity index (χ1v) is 8.69. The third-order valence-electron chi connectivity index (χ3n) is 3.99. The van der Waals surface area contributed by atoms with E-state index in [1.807, 2.05) is 0 Å². The van der Waals surface area contributed by atoms with E-state index in [1.165, 1.54) is 17.0 Å². The smallest absolute Gasteiger partial charge is 0.315 e. The van der Waals surface area contributed by atoms with Crippen molar-refractivity contribution in [2.24, 2.45) is 5.73 Å². The Morgan fingerprint density at radius 3 is 2.62 bits per heavy atom. The molecule has 1 saturated heterocycles. The minimum Gasteiger partial charge on any atom is -0.370 e. The Morgan fingerprint density at radius 1 is 1.31 bits per heavy atom. The number of rotatable bonds is 7. The zero-order chi connectivity index (χ0) is 21.6. The molecule has 0 saturated carbocycles. The maximum atomic E-state index is 13.5. The van der Waals surface area contributed by atoms with E-state index in [2.05, 4.69) is 16.0 Å². The second-order valence-corrected chi connectivity index (χ2v) is 6.00. The zero-order valence-corrected chi connectivity index (χ0v) is 15.5. The van der Waals surface area contributed by atoms with Gasteiger partial charge >= 0.3 is 6.03 Å². The van der Waals surface area contributed by atoms with E-state index in [0.29, 0.717) is 0 Å². The average molecular weight is 413 g/mol. The summed E-state index contributed by atoms with van der Waals surface area (Å²) in [6.45, 7) is 2.16. The molecule has 12 heteroatoms. The van der Waals surface area contributed by atoms with Crippen molar-refractivity contribution in [1.82, 2.24) is 10.6 Å². The van der Waals surface area contributed by atoms with E-state index in [9.17, 15) is 28.0 Å². The Morgan fingerprint density at radius 2 is 2.03 bits per heavy atom. The van der Waals surface area contributed by atoms with Crippen LogP contribution in [0.4, 0.5) is 25.0 Å². The monoisotopic (exact) mass is 413 g/mol. The summed E-state index contributed by atoms with van der Waals surface area (Å²) in [7, 11) is 0. The molecule has 1 aromatic carbocycles. The van der Waals surface area contributed by atoms with Crippen LogP contribution in [0.1, 0.15) is 18.9 Å². The Kier molecular flexibility index (Phi) is 7.42. The molecule has 0 unspecified atom stereocenters. The van der Waals surface area contributed by atoms with Crippen LogP contribution in [0.15, 0.2) is 18.2 Å². The molecule has 5 amide bonds. The molecule has 0 aliphatic carbocycles. The van der Waals surface area contributed by atoms with Crippen LogP contribution in [-0.4, -0.2) is 56.1 Å². The molecule has 1 atom stereocenters. The number of ether oxygens (including phenoxy) is 1. The largest absolute Gasteiger partial charge is 0.370 e. The number of hydrogen-bond donors (Lipinski definition) is 4. The highest BCUT2D eigenvalue weighted by Crippen LogP contribution is 2.32. The maximum absolute atomic E-state index is 13.5. The third kappa shape index (κ3) is 5.60. The van der Waals surface area contributed by atoms with Gasteiger partial charge in [0.05, 0.1) is 6.61 Å². The number of nitrogens with two attached hydrogens (primary N) is 1. The number of anilines is 2. The fourth-order valence-corrected chi connectivity index (χ4v) is 2.62. The molecule has 0 bridgehead atoms. The molecule has 2 rings (SSSR count). The Labute approximate surface area is 164 Å². The number of morpholine rings is 1. The third-order valence-corrected chi connectivity index (χ3v) is 3.99. The molecular formula is C17H21F2N5O5. The second kappa shape index (κ2) is 9.78. The van der Waals surface area contributed by atoms with Crippen molar-refractivity contribution in [3.05, 3.63) is 23.8 Å². The van der Waals surface area contributed by atoms with Gasteiger partial charge < -0.3 is 31.3 Å². The number of urea groups is 1. The molecule has 0 aromatic heterocycles. The number of nitrogens with zero attached hydrogens (tertiary/aromatic N) is 1. The van der Waals surface area contributed by atoms with Gasteiger partial charge in [-0.3, -0.25) is 14.4 Å². The number of nitrogens with one attached hydrogen (secondary N) is 3. The summed E-state index contributed by atoms with van der Waals surface area (Å²) in [5, 5.41) is 6.56. The number of benzene rings is 1. The van der Waals surface area contributed by atoms with Gasteiger partial charge in [-0.1, -0.05) is 0 Å². The van der Waals surface area contributed by atoms with Gasteiger partial charge in [0.1, 0.15) is 6.61 Å². The molecular weight excluding hydrogens is 392 g/mol. The fraction of sp³-hybridized carbons (Fsp3) is 0.412. The highest BCUT2D eigenvalue weighted by molar-refractivity contribution is 6.11. The molecule has 10 nitrogen and oxygen atoms in total. The lowest BCUT2D eigenvalue weighted by Crippen LogP contribution is -2.54. The average Bonchev–Trinajstić information content (AvgIpc) is 2.66. The van der Waals surface area contributed by atoms with Crippen molar-refractivity contribution in [2.45, 2.75) is 19.4 Å². The lowest BCUT2D eigenvalue weighted by molar-refractivity contribution is -0.128. The van der Waals surface area contributed by atoms with Crippen LogP contribution in [-0.2, 0) is 19.1 Å². The molecule has 1 aliphatic heterocycles. The molecule has 0 radical (unpaired) electrons. The fourth-order valence-electron chi connectivity index (χ4n) is 2.62. The van der Waals surface area contributed by atoms with Gasteiger partial charge in [0.2, 0.25) is 5.91 Å². The minimum atomic E-state index is -2.98. The summed E-state index contributed by atoms with van der Waals surface area (Å²) < 4.78 is 32.1. The molecule has 0 spiro atoms. The van der Waals surface area contributed by atoms with Crippen LogP contribution in [0, 0.1) is 0 Å². The predicted octanol–water partition coefficient (Wildman–Crippen LogP) is 0.0989. The summed E-state index contributed by atoms with van der Waals surface area (Å²) >= 11 is 0. The van der Waals surface area contributed by atoms with Gasteiger partial charge in [-0.15, -0.1) is 0 Å². The van der Waals surface area contributed by atoms with Crippen LogP contribution >= 0.6 is 0 Å². The Bertz CT molecular complexity index is 804. The number of primary amides is 1. The second-order valence-electron chi connectivity index (χ2n) is 6.00. The number of alkyl halides is 2. The summed E-state index contributed by atoms with van der Waals surface area (Å²) in [5.74, 6) is -2.63. The van der Waals surface area contributed by atoms with Crippen LogP contribution in [0.25, 0.3) is 0 Å². The summed E-state index contributed by atoms with van der Waals surface area (Å²) in [6, 6.07) is 1.04. The summed E-state index contributed by atoms with van der Waals surface area (Å²) in [6.07, 6.45) is -2.98. The maximum Gasteiger partial charge on any atom is 0.315 e. The van der Waals surface area contributed by atoms with Gasteiger partial charge in [0.15, 0.2) is 6.04 Å². The van der Waals surface area contributed by atoms with E-state index in [-0.39, 0.29) is 43.6 Å². The highest BCUT2D eigenvalue weighted by Gasteiger charge is 2.28. The lowest BCUT2D eigenvalue weighted by atomic mass is 10.1. The first-order chi connectivity index (χ1) is 13.7. The van der Waals surface area contributed by atoms with Crippen LogP contribution in [0.3, 0.4) is 0 Å². The van der Waals surface area contributed by atoms with Crippen molar-refractivity contribution < 1.29 is 32.7 Å². The predicted molar refractivity (Wildman–Crippen MR) is 98.4 cm³/mol. The first-order valence-electron chi connectivity index (χ1n) is 8.69. The number of carbonyl (C=O) groups excluding carboxylic acids is 4. The van der Waals surface area contributed by atoms with Crippen LogP contribution in [0.5, 0.6) is 0 Å². The number of amides is 5. The summed E-state index contributed by atoms with van der Waals surface area (Å²) in [5.41, 5.74) is 4.51. The Balaban J connectivity index is 2.24. The first kappa shape index (κ1) is 22.0. The molecule has 5 N–H and O–H groups in total. The van der Waals surface area contributed by atoms with Crippen molar-refractivity contribution in [3.8, 4) is 0 Å². The number of hydrogen-bond acceptors (Lipinski definition) is 5. The molecule has 158 valence electrons. The van der Waals surface area contributed by atoms with E-state index in [1.54, 1.807) is 6.92 Å². The highest BCUT2D eigenvalue weighted by atomic mass is 19.3. The van der Waals surface area contributed by atoms with Crippen LogP contribution < -0.4 is 26.6 Å². The van der Waals surface area contributed by atoms with Gasteiger partial charge in [-0.2, -0.15) is 0 Å². The van der Waals surface area contributed by atoms with Gasteiger partial charge in [-0.05, 0) is 25.1 Å². The van der Waals surface area contributed by atoms with Crippen molar-refractivity contribution in [2.75, 3.05) is 36.5 Å². The minimum absolute atomic E-state index is 0.158. The van der Waals surface area contributed by atoms with E-state index in [0.717, 1.165) is 6.07 Å². The van der Waals surface area contributed by atoms with Gasteiger partial charge in [0, 0.05) is 30.0 Å². The molecule has 29 heavy (non-hydrogen) atoms. The standard InChI is InChI=1S/C17H21F2N5O5/c1-2-21-17(28)23-13(15(20)26)16(27)22-11-4-3-9(7-10(11)14(18)19)24-5-6-29-8-12(24)25/h3-4,7,13-14H,2,5-6,8H2,1H3,(H2,20,26)(H,22,27)(H2,21,23,28)/t13-/m1/s1. The number of carbonyl (C=O) groups is 4. The molecule has 1 fully saturated rings. The van der Waals surface area contributed by atoms with Gasteiger partial charge in [0.25, 0.3) is 18.2 Å². The molecule has 1 aliphatic rings. The van der Waals surface area contributed by atoms with E-state index in [4.69, 9.17) is 10.5 Å². The van der Waals surface area contributed by atoms with Crippen molar-refractivity contribution >= 4 is 35.1 Å². The lowest BCUT2D eigenvalue weighted by Gasteiger charge is -2.27. The molecule has 1 aromatic rings. The van der Waals surface area contributed by atoms with E-state index >= 15 is 0 Å². The van der Waals surface area contributed by atoms with Gasteiger partial charge in [-0.25, -0.2) is 13.6 Å². The Hall–Kier alpha value is -3.28. The quantitative estimate of drug-likeness (QED) is 0.469. The normalized spacial score (nSPS) is 15.0. The summed E-state index contributed by atoms with van der Waals surface area (Å²) in [4.78, 5) is 48.6. The zero-order valence-electron chi connectivity index (χ0n) is 15.5. The van der Waals surface area contributed by atoms with Crippen molar-refractivity contribution in [1.29, 1.82) is 0 Å². The van der Waals surface area contributed by atoms with Crippen LogP contribution in [0.2, 0.25) is 0 Å². The number of halogens is 2. The topological polar surface area (TPSA) is 143 Å². The van der Waals surface area contributed by atoms with E-state index < -0.39 is 35.9 Å². The molecule has 1 heterocycles. The van der Waals surface area contributed by atoms with Crippen molar-refractivity contribution in [3.63, 3.8) is 0 Å².